The monoisotopic (exact) mass is 215 g/mol. The molecule has 4 heteroatoms. The average Bonchev–Trinajstić information content (AvgIpc) is 2.21. The maximum absolute atomic E-state index is 11.0. The van der Waals surface area contributed by atoms with Gasteiger partial charge in [0.05, 0.1) is 0 Å². The standard InChI is InChI=1S/C11H25N3O/c1-9(2)10(7-12)8-14(4)6-5-11(15)13-3/h9-10H,5-8,12H2,1-4H3,(H,13,15). The average molecular weight is 215 g/mol. The van der Waals surface area contributed by atoms with Crippen LogP contribution in [0.3, 0.4) is 0 Å². The van der Waals surface area contributed by atoms with Crippen LogP contribution in [-0.2, 0) is 4.79 Å². The Morgan fingerprint density at radius 3 is 2.47 bits per heavy atom. The number of nitrogens with zero attached hydrogens (tertiary/aromatic N) is 1. The summed E-state index contributed by atoms with van der Waals surface area (Å²) in [7, 11) is 3.70. The molecule has 0 bridgehead atoms. The van der Waals surface area contributed by atoms with Crippen LogP contribution in [0.2, 0.25) is 0 Å². The quantitative estimate of drug-likeness (QED) is 0.641. The predicted molar refractivity (Wildman–Crippen MR) is 63.6 cm³/mol. The Bertz CT molecular complexity index is 183. The molecule has 0 aliphatic carbocycles. The Kier molecular flexibility index (Phi) is 7.34. The van der Waals surface area contributed by atoms with Gasteiger partial charge >= 0.3 is 0 Å². The van der Waals surface area contributed by atoms with Crippen LogP contribution < -0.4 is 11.1 Å². The zero-order valence-electron chi connectivity index (χ0n) is 10.4. The largest absolute Gasteiger partial charge is 0.359 e. The Balaban J connectivity index is 3.80. The molecule has 90 valence electrons. The van der Waals surface area contributed by atoms with Crippen molar-refractivity contribution in [2.45, 2.75) is 20.3 Å². The molecule has 0 aliphatic rings. The topological polar surface area (TPSA) is 58.4 Å². The Hall–Kier alpha value is -0.610. The molecule has 15 heavy (non-hydrogen) atoms. The highest BCUT2D eigenvalue weighted by Gasteiger charge is 2.14. The van der Waals surface area contributed by atoms with Gasteiger partial charge in [-0.05, 0) is 25.4 Å². The molecule has 0 aromatic carbocycles. The molecule has 0 saturated carbocycles. The summed E-state index contributed by atoms with van der Waals surface area (Å²) in [5.41, 5.74) is 5.70. The van der Waals surface area contributed by atoms with E-state index in [9.17, 15) is 4.79 Å². The molecule has 0 fully saturated rings. The minimum absolute atomic E-state index is 0.0932. The second-order valence-corrected chi connectivity index (χ2v) is 4.43. The third kappa shape index (κ3) is 6.47. The highest BCUT2D eigenvalue weighted by molar-refractivity contribution is 5.75. The summed E-state index contributed by atoms with van der Waals surface area (Å²) in [6.07, 6.45) is 0.558. The van der Waals surface area contributed by atoms with Gasteiger partial charge in [-0.25, -0.2) is 0 Å². The maximum Gasteiger partial charge on any atom is 0.221 e. The van der Waals surface area contributed by atoms with E-state index in [2.05, 4.69) is 24.1 Å². The second-order valence-electron chi connectivity index (χ2n) is 4.43. The van der Waals surface area contributed by atoms with E-state index < -0.39 is 0 Å². The highest BCUT2D eigenvalue weighted by atomic mass is 16.1. The van der Waals surface area contributed by atoms with Crippen molar-refractivity contribution in [1.29, 1.82) is 0 Å². The van der Waals surface area contributed by atoms with E-state index in [1.807, 2.05) is 7.05 Å². The normalized spacial score (nSPS) is 13.3. The first kappa shape index (κ1) is 14.4. The van der Waals surface area contributed by atoms with Gasteiger partial charge in [0.25, 0.3) is 0 Å². The Morgan fingerprint density at radius 2 is 2.07 bits per heavy atom. The van der Waals surface area contributed by atoms with Gasteiger partial charge in [-0.15, -0.1) is 0 Å². The first-order chi connectivity index (χ1) is 7.01. The van der Waals surface area contributed by atoms with Crippen LogP contribution >= 0.6 is 0 Å². The SMILES string of the molecule is CNC(=O)CCN(C)CC(CN)C(C)C. The van der Waals surface area contributed by atoms with Crippen molar-refractivity contribution in [2.75, 3.05) is 33.7 Å². The van der Waals surface area contributed by atoms with Gasteiger partial charge in [-0.3, -0.25) is 4.79 Å². The van der Waals surface area contributed by atoms with Gasteiger partial charge in [-0.1, -0.05) is 13.8 Å². The van der Waals surface area contributed by atoms with Crippen LogP contribution in [0, 0.1) is 11.8 Å². The molecular formula is C11H25N3O. The van der Waals surface area contributed by atoms with Crippen molar-refractivity contribution < 1.29 is 4.79 Å². The van der Waals surface area contributed by atoms with Crippen LogP contribution in [-0.4, -0.2) is 44.5 Å². The molecule has 1 atom stereocenters. The van der Waals surface area contributed by atoms with Crippen LogP contribution in [0.15, 0.2) is 0 Å². The first-order valence-electron chi connectivity index (χ1n) is 5.60. The van der Waals surface area contributed by atoms with Gasteiger partial charge in [0, 0.05) is 26.6 Å². The van der Waals surface area contributed by atoms with E-state index >= 15 is 0 Å². The summed E-state index contributed by atoms with van der Waals surface area (Å²) in [6.45, 7) is 6.84. The lowest BCUT2D eigenvalue weighted by atomic mass is 9.95. The Labute approximate surface area is 93.2 Å². The molecule has 0 heterocycles. The number of hydrogen-bond acceptors (Lipinski definition) is 3. The fraction of sp³-hybridized carbons (Fsp3) is 0.909. The molecule has 0 aromatic rings. The zero-order chi connectivity index (χ0) is 11.8. The second kappa shape index (κ2) is 7.65. The fourth-order valence-electron chi connectivity index (χ4n) is 1.47. The van der Waals surface area contributed by atoms with Crippen molar-refractivity contribution >= 4 is 5.91 Å². The molecule has 0 radical (unpaired) electrons. The number of nitrogens with one attached hydrogen (secondary N) is 1. The number of hydrogen-bond donors (Lipinski definition) is 2. The van der Waals surface area contributed by atoms with Gasteiger partial charge in [0.2, 0.25) is 5.91 Å². The van der Waals surface area contributed by atoms with Crippen molar-refractivity contribution in [1.82, 2.24) is 10.2 Å². The summed E-state index contributed by atoms with van der Waals surface area (Å²) in [4.78, 5) is 13.2. The molecule has 4 nitrogen and oxygen atoms in total. The molecule has 0 aliphatic heterocycles. The van der Waals surface area contributed by atoms with Crippen LogP contribution in [0.1, 0.15) is 20.3 Å². The smallest absolute Gasteiger partial charge is 0.221 e. The molecule has 0 rings (SSSR count). The third-order valence-electron chi connectivity index (χ3n) is 2.79. The molecule has 0 saturated heterocycles. The fourth-order valence-corrected chi connectivity index (χ4v) is 1.47. The summed E-state index contributed by atoms with van der Waals surface area (Å²) in [5, 5.41) is 2.62. The van der Waals surface area contributed by atoms with Gasteiger partial charge in [-0.2, -0.15) is 0 Å². The van der Waals surface area contributed by atoms with Crippen LogP contribution in [0.4, 0.5) is 0 Å². The summed E-state index contributed by atoms with van der Waals surface area (Å²) < 4.78 is 0. The number of rotatable bonds is 7. The number of carbonyl (C=O) groups excluding carboxylic acids is 1. The van der Waals surface area contributed by atoms with Crippen LogP contribution in [0.5, 0.6) is 0 Å². The molecule has 1 amide bonds. The molecule has 1 unspecified atom stereocenters. The van der Waals surface area contributed by atoms with E-state index in [4.69, 9.17) is 5.73 Å². The zero-order valence-corrected chi connectivity index (χ0v) is 10.4. The molecule has 0 spiro atoms. The van der Waals surface area contributed by atoms with E-state index in [0.29, 0.717) is 24.8 Å². The lowest BCUT2D eigenvalue weighted by Crippen LogP contribution is -2.35. The van der Waals surface area contributed by atoms with E-state index in [-0.39, 0.29) is 5.91 Å². The van der Waals surface area contributed by atoms with E-state index in [1.165, 1.54) is 0 Å². The Morgan fingerprint density at radius 1 is 1.47 bits per heavy atom. The minimum Gasteiger partial charge on any atom is -0.359 e. The minimum atomic E-state index is 0.0932. The van der Waals surface area contributed by atoms with Crippen molar-refractivity contribution in [3.8, 4) is 0 Å². The lowest BCUT2D eigenvalue weighted by molar-refractivity contribution is -0.120. The number of nitrogens with two attached hydrogens (primary N) is 1. The maximum atomic E-state index is 11.0. The van der Waals surface area contributed by atoms with E-state index in [0.717, 1.165) is 13.1 Å². The van der Waals surface area contributed by atoms with Gasteiger partial charge in [0.15, 0.2) is 0 Å². The molecular weight excluding hydrogens is 190 g/mol. The number of amides is 1. The highest BCUT2D eigenvalue weighted by Crippen LogP contribution is 2.10. The molecule has 3 N–H and O–H groups in total. The van der Waals surface area contributed by atoms with Gasteiger partial charge < -0.3 is 16.0 Å². The predicted octanol–water partition coefficient (Wildman–Crippen LogP) is 0.285. The van der Waals surface area contributed by atoms with Crippen molar-refractivity contribution in [3.63, 3.8) is 0 Å². The third-order valence-corrected chi connectivity index (χ3v) is 2.79. The summed E-state index contributed by atoms with van der Waals surface area (Å²) >= 11 is 0. The van der Waals surface area contributed by atoms with E-state index in [1.54, 1.807) is 7.05 Å². The van der Waals surface area contributed by atoms with Crippen molar-refractivity contribution in [3.05, 3.63) is 0 Å². The first-order valence-corrected chi connectivity index (χ1v) is 5.60. The summed E-state index contributed by atoms with van der Waals surface area (Å²) in [5.74, 6) is 1.20. The lowest BCUT2D eigenvalue weighted by Gasteiger charge is -2.25. The summed E-state index contributed by atoms with van der Waals surface area (Å²) in [6, 6.07) is 0. The number of carbonyl (C=O) groups is 1. The molecule has 0 aromatic heterocycles. The van der Waals surface area contributed by atoms with Crippen LogP contribution in [0.25, 0.3) is 0 Å². The van der Waals surface area contributed by atoms with Crippen molar-refractivity contribution in [2.24, 2.45) is 17.6 Å². The van der Waals surface area contributed by atoms with Gasteiger partial charge in [0.1, 0.15) is 0 Å².